The average molecular weight is 342 g/mol. The van der Waals surface area contributed by atoms with Crippen LogP contribution in [0.3, 0.4) is 0 Å². The molecule has 3 aromatic rings. The predicted octanol–water partition coefficient (Wildman–Crippen LogP) is 3.56. The van der Waals surface area contributed by atoms with Gasteiger partial charge >= 0.3 is 0 Å². The summed E-state index contributed by atoms with van der Waals surface area (Å²) in [6.45, 7) is 4.99. The number of hydrogen-bond acceptors (Lipinski definition) is 3. The molecule has 1 heterocycles. The van der Waals surface area contributed by atoms with Crippen molar-refractivity contribution >= 4 is 16.7 Å². The molecule has 0 atom stereocenters. The lowest BCUT2D eigenvalue weighted by atomic mass is 10.1. The predicted molar refractivity (Wildman–Crippen MR) is 91.7 cm³/mol. The molecule has 0 unspecified atom stereocenters. The molecule has 5 nitrogen and oxygen atoms in total. The second-order valence-electron chi connectivity index (χ2n) is 5.61. The minimum Gasteiger partial charge on any atom is -0.462 e. The van der Waals surface area contributed by atoms with Gasteiger partial charge in [-0.3, -0.25) is 10.1 Å². The first-order valence-electron chi connectivity index (χ1n) is 7.48. The first-order valence-corrected chi connectivity index (χ1v) is 7.48. The van der Waals surface area contributed by atoms with Crippen LogP contribution < -0.4 is 10.5 Å². The fraction of sp³-hybridized carbons (Fsp3) is 0.111. The van der Waals surface area contributed by atoms with Gasteiger partial charge in [0, 0.05) is 23.1 Å². The zero-order chi connectivity index (χ0) is 18.1. The number of nitrogen functional groups attached to an aromatic ring is 1. The summed E-state index contributed by atoms with van der Waals surface area (Å²) in [6, 6.07) is 9.28. The molecule has 0 saturated carbocycles. The van der Waals surface area contributed by atoms with Crippen LogP contribution in [0.25, 0.3) is 10.9 Å². The Morgan fingerprint density at radius 2 is 1.92 bits per heavy atom. The maximum Gasteiger partial charge on any atom is 0.144 e. The third-order valence-electron chi connectivity index (χ3n) is 3.63. The van der Waals surface area contributed by atoms with Gasteiger partial charge in [0.2, 0.25) is 0 Å². The fourth-order valence-corrected chi connectivity index (χ4v) is 2.59. The summed E-state index contributed by atoms with van der Waals surface area (Å²) in [5.74, 6) is -1.33. The lowest BCUT2D eigenvalue weighted by Gasteiger charge is -2.10. The number of fused-ring (bicyclic) bond motifs is 1. The first-order chi connectivity index (χ1) is 11.9. The molecular formula is C18H16F2N4O. The standard InChI is InChI=1S/C18H16F2N4O/c1-10(2)25-11-7-14(19)13(15(20)8-11)9-24-16-6-4-3-5-12(16)17(23-24)18(21)22/h3-8H,1,9H2,2H3,(H3,21,22). The molecule has 0 aliphatic heterocycles. The Hall–Kier alpha value is -3.22. The van der Waals surface area contributed by atoms with E-state index in [9.17, 15) is 8.78 Å². The molecule has 0 radical (unpaired) electrons. The van der Waals surface area contributed by atoms with Crippen molar-refractivity contribution < 1.29 is 13.5 Å². The Bertz CT molecular complexity index is 971. The van der Waals surface area contributed by atoms with Crippen molar-refractivity contribution in [3.8, 4) is 5.75 Å². The Kier molecular flexibility index (Phi) is 4.22. The molecule has 0 amide bonds. The molecule has 3 rings (SSSR count). The summed E-state index contributed by atoms with van der Waals surface area (Å²) in [5.41, 5.74) is 6.30. The van der Waals surface area contributed by atoms with E-state index in [4.69, 9.17) is 15.9 Å². The monoisotopic (exact) mass is 342 g/mol. The van der Waals surface area contributed by atoms with E-state index in [1.807, 2.05) is 0 Å². The van der Waals surface area contributed by atoms with Crippen molar-refractivity contribution in [2.24, 2.45) is 5.73 Å². The molecule has 0 spiro atoms. The van der Waals surface area contributed by atoms with Crippen molar-refractivity contribution in [3.63, 3.8) is 0 Å². The number of hydrogen-bond donors (Lipinski definition) is 2. The van der Waals surface area contributed by atoms with E-state index < -0.39 is 11.6 Å². The molecule has 25 heavy (non-hydrogen) atoms. The average Bonchev–Trinajstić information content (AvgIpc) is 2.89. The number of nitrogens with zero attached hydrogens (tertiary/aromatic N) is 2. The molecule has 1 aromatic heterocycles. The zero-order valence-electron chi connectivity index (χ0n) is 13.5. The van der Waals surface area contributed by atoms with Gasteiger partial charge in [0.05, 0.1) is 17.8 Å². The summed E-state index contributed by atoms with van der Waals surface area (Å²) in [4.78, 5) is 0. The molecule has 0 bridgehead atoms. The summed E-state index contributed by atoms with van der Waals surface area (Å²) < 4.78 is 35.3. The van der Waals surface area contributed by atoms with Gasteiger partial charge in [-0.2, -0.15) is 5.10 Å². The van der Waals surface area contributed by atoms with E-state index in [0.717, 1.165) is 12.1 Å². The maximum absolute atomic E-state index is 14.4. The van der Waals surface area contributed by atoms with Crippen LogP contribution in [-0.4, -0.2) is 15.6 Å². The fourth-order valence-electron chi connectivity index (χ4n) is 2.59. The van der Waals surface area contributed by atoms with Gasteiger partial charge in [-0.25, -0.2) is 8.78 Å². The number of ether oxygens (including phenoxy) is 1. The number of amidine groups is 1. The van der Waals surface area contributed by atoms with Gasteiger partial charge in [0.1, 0.15) is 28.9 Å². The quantitative estimate of drug-likeness (QED) is 0.423. The van der Waals surface area contributed by atoms with Crippen LogP contribution in [0.1, 0.15) is 18.2 Å². The number of nitrogens with one attached hydrogen (secondary N) is 1. The topological polar surface area (TPSA) is 76.9 Å². The lowest BCUT2D eigenvalue weighted by molar-refractivity contribution is 0.419. The number of aromatic nitrogens is 2. The normalized spacial score (nSPS) is 10.8. The van der Waals surface area contributed by atoms with Crippen LogP contribution in [0.2, 0.25) is 0 Å². The van der Waals surface area contributed by atoms with Crippen LogP contribution in [-0.2, 0) is 6.54 Å². The molecule has 3 N–H and O–H groups in total. The van der Waals surface area contributed by atoms with E-state index in [1.54, 1.807) is 31.2 Å². The zero-order valence-corrected chi connectivity index (χ0v) is 13.5. The van der Waals surface area contributed by atoms with E-state index in [1.165, 1.54) is 4.68 Å². The third kappa shape index (κ3) is 3.21. The smallest absolute Gasteiger partial charge is 0.144 e. The summed E-state index contributed by atoms with van der Waals surface area (Å²) in [7, 11) is 0. The molecule has 0 aliphatic rings. The Morgan fingerprint density at radius 1 is 1.28 bits per heavy atom. The minimum atomic E-state index is -0.750. The van der Waals surface area contributed by atoms with Gasteiger partial charge in [0.25, 0.3) is 0 Å². The van der Waals surface area contributed by atoms with Crippen LogP contribution in [0.5, 0.6) is 5.75 Å². The maximum atomic E-state index is 14.4. The second-order valence-corrected chi connectivity index (χ2v) is 5.61. The Balaban J connectivity index is 2.05. The molecular weight excluding hydrogens is 326 g/mol. The van der Waals surface area contributed by atoms with Crippen LogP contribution in [0, 0.1) is 17.0 Å². The summed E-state index contributed by atoms with van der Waals surface area (Å²) in [6.07, 6.45) is 0. The molecule has 128 valence electrons. The van der Waals surface area contributed by atoms with Crippen molar-refractivity contribution in [2.45, 2.75) is 13.5 Å². The van der Waals surface area contributed by atoms with E-state index in [0.29, 0.717) is 16.7 Å². The number of benzene rings is 2. The minimum absolute atomic E-state index is 0.0426. The van der Waals surface area contributed by atoms with E-state index >= 15 is 0 Å². The molecule has 2 aromatic carbocycles. The third-order valence-corrected chi connectivity index (χ3v) is 3.63. The number of allylic oxidation sites excluding steroid dienone is 1. The van der Waals surface area contributed by atoms with E-state index in [2.05, 4.69) is 11.7 Å². The number of para-hydroxylation sites is 1. The van der Waals surface area contributed by atoms with Crippen molar-refractivity contribution in [1.29, 1.82) is 5.41 Å². The van der Waals surface area contributed by atoms with Crippen LogP contribution in [0.15, 0.2) is 48.7 Å². The second kappa shape index (κ2) is 6.35. The molecule has 0 aliphatic carbocycles. The van der Waals surface area contributed by atoms with Gasteiger partial charge in [0.15, 0.2) is 0 Å². The molecule has 0 fully saturated rings. The molecule has 0 saturated heterocycles. The molecule has 7 heteroatoms. The van der Waals surface area contributed by atoms with Crippen molar-refractivity contribution in [2.75, 3.05) is 0 Å². The van der Waals surface area contributed by atoms with E-state index in [-0.39, 0.29) is 29.4 Å². The van der Waals surface area contributed by atoms with Gasteiger partial charge in [-0.05, 0) is 13.0 Å². The van der Waals surface area contributed by atoms with Gasteiger partial charge < -0.3 is 10.5 Å². The van der Waals surface area contributed by atoms with Crippen molar-refractivity contribution in [3.05, 3.63) is 71.6 Å². The Labute approximate surface area is 142 Å². The van der Waals surface area contributed by atoms with Crippen LogP contribution >= 0.6 is 0 Å². The van der Waals surface area contributed by atoms with Crippen molar-refractivity contribution in [1.82, 2.24) is 9.78 Å². The highest BCUT2D eigenvalue weighted by molar-refractivity contribution is 6.05. The highest BCUT2D eigenvalue weighted by Gasteiger charge is 2.17. The number of rotatable bonds is 5. The lowest BCUT2D eigenvalue weighted by Crippen LogP contribution is -2.13. The van der Waals surface area contributed by atoms with Gasteiger partial charge in [-0.1, -0.05) is 24.8 Å². The highest BCUT2D eigenvalue weighted by Crippen LogP contribution is 2.25. The number of halogens is 2. The van der Waals surface area contributed by atoms with Gasteiger partial charge in [-0.15, -0.1) is 0 Å². The highest BCUT2D eigenvalue weighted by atomic mass is 19.1. The van der Waals surface area contributed by atoms with Crippen LogP contribution in [0.4, 0.5) is 8.78 Å². The SMILES string of the molecule is C=C(C)Oc1cc(F)c(Cn2nc(C(=N)N)c3ccccc32)c(F)c1. The number of nitrogens with two attached hydrogens (primary N) is 1. The summed E-state index contributed by atoms with van der Waals surface area (Å²) >= 11 is 0. The largest absolute Gasteiger partial charge is 0.462 e. The summed E-state index contributed by atoms with van der Waals surface area (Å²) in [5, 5.41) is 12.5. The Morgan fingerprint density at radius 3 is 2.52 bits per heavy atom. The first kappa shape index (κ1) is 16.6.